The van der Waals surface area contributed by atoms with E-state index in [2.05, 4.69) is 23.2 Å². The predicted molar refractivity (Wildman–Crippen MR) is 69.0 cm³/mol. The molecule has 0 spiro atoms. The topological polar surface area (TPSA) is 33.1 Å². The smallest absolute Gasteiger partial charge is 0.107 e. The molecule has 1 N–H and O–H groups in total. The molecule has 2 aromatic rings. The van der Waals surface area contributed by atoms with Gasteiger partial charge in [-0.15, -0.1) is 0 Å². The number of rotatable bonds is 1. The number of fused-ring (bicyclic) bond motifs is 3. The number of hydrogen-bond donors (Lipinski definition) is 1. The molecule has 0 fully saturated rings. The molecule has 0 radical (unpaired) electrons. The average molecular weight is 227 g/mol. The van der Waals surface area contributed by atoms with E-state index in [-0.39, 0.29) is 0 Å². The van der Waals surface area contributed by atoms with Crippen LogP contribution in [0.3, 0.4) is 0 Å². The Balaban J connectivity index is 2.37. The Kier molecular flexibility index (Phi) is 2.23. The Bertz CT molecular complexity index is 591. The first-order chi connectivity index (χ1) is 8.15. The van der Waals surface area contributed by atoms with E-state index in [0.717, 1.165) is 30.7 Å². The lowest BCUT2D eigenvalue weighted by atomic mass is 9.96. The maximum absolute atomic E-state index is 10.6. The van der Waals surface area contributed by atoms with E-state index in [0.29, 0.717) is 0 Å². The van der Waals surface area contributed by atoms with Gasteiger partial charge in [0.2, 0.25) is 0 Å². The van der Waals surface area contributed by atoms with Gasteiger partial charge in [0.1, 0.15) is 5.60 Å². The Morgan fingerprint density at radius 2 is 2.00 bits per heavy atom. The number of aliphatic hydroxyl groups is 1. The summed E-state index contributed by atoms with van der Waals surface area (Å²) in [7, 11) is 0. The van der Waals surface area contributed by atoms with Gasteiger partial charge < -0.3 is 5.11 Å². The Morgan fingerprint density at radius 3 is 2.71 bits per heavy atom. The van der Waals surface area contributed by atoms with Crippen molar-refractivity contribution in [1.29, 1.82) is 0 Å². The van der Waals surface area contributed by atoms with E-state index < -0.39 is 5.60 Å². The summed E-state index contributed by atoms with van der Waals surface area (Å²) in [5.41, 5.74) is 2.48. The number of benzene rings is 1. The monoisotopic (exact) mass is 227 g/mol. The fourth-order valence-electron chi connectivity index (χ4n) is 2.92. The van der Waals surface area contributed by atoms with Gasteiger partial charge in [-0.05, 0) is 37.1 Å². The second-order valence-electron chi connectivity index (χ2n) is 4.96. The van der Waals surface area contributed by atoms with Crippen LogP contribution in [-0.2, 0) is 12.0 Å². The maximum atomic E-state index is 10.6. The van der Waals surface area contributed by atoms with E-state index in [1.807, 2.05) is 19.9 Å². The highest BCUT2D eigenvalue weighted by molar-refractivity contribution is 5.88. The highest BCUT2D eigenvalue weighted by Crippen LogP contribution is 2.41. The maximum Gasteiger partial charge on any atom is 0.107 e. The number of nitrogens with zero attached hydrogens (tertiary/aromatic N) is 1. The number of aromatic nitrogens is 1. The van der Waals surface area contributed by atoms with Crippen LogP contribution >= 0.6 is 0 Å². The second-order valence-corrected chi connectivity index (χ2v) is 4.96. The van der Waals surface area contributed by atoms with Crippen LogP contribution in [0.4, 0.5) is 0 Å². The van der Waals surface area contributed by atoms with Gasteiger partial charge in [0.05, 0.1) is 5.69 Å². The van der Waals surface area contributed by atoms with E-state index >= 15 is 0 Å². The molecular formula is C15H17NO. The van der Waals surface area contributed by atoms with Crippen molar-refractivity contribution >= 4 is 10.8 Å². The van der Waals surface area contributed by atoms with Gasteiger partial charge in [0, 0.05) is 11.1 Å². The Hall–Kier alpha value is -1.41. The number of aryl methyl sites for hydroxylation is 2. The fraction of sp³-hybridized carbons (Fsp3) is 0.400. The first-order valence-electron chi connectivity index (χ1n) is 6.27. The highest BCUT2D eigenvalue weighted by atomic mass is 16.3. The molecule has 1 aromatic carbocycles. The molecule has 0 amide bonds. The minimum Gasteiger partial charge on any atom is -0.384 e. The molecule has 17 heavy (non-hydrogen) atoms. The van der Waals surface area contributed by atoms with Crippen LogP contribution in [0.1, 0.15) is 36.7 Å². The molecule has 1 atom stereocenters. The second kappa shape index (κ2) is 3.54. The van der Waals surface area contributed by atoms with E-state index in [9.17, 15) is 5.11 Å². The number of pyridine rings is 1. The lowest BCUT2D eigenvalue weighted by Gasteiger charge is -2.21. The summed E-state index contributed by atoms with van der Waals surface area (Å²) < 4.78 is 0. The Morgan fingerprint density at radius 1 is 1.29 bits per heavy atom. The van der Waals surface area contributed by atoms with Crippen molar-refractivity contribution in [1.82, 2.24) is 4.98 Å². The third kappa shape index (κ3) is 1.40. The first-order valence-corrected chi connectivity index (χ1v) is 6.27. The van der Waals surface area contributed by atoms with Gasteiger partial charge >= 0.3 is 0 Å². The van der Waals surface area contributed by atoms with E-state index in [1.165, 1.54) is 16.3 Å². The summed E-state index contributed by atoms with van der Waals surface area (Å²) >= 11 is 0. The van der Waals surface area contributed by atoms with Crippen LogP contribution in [0.2, 0.25) is 0 Å². The molecule has 1 aliphatic carbocycles. The molecule has 2 heteroatoms. The van der Waals surface area contributed by atoms with Crippen molar-refractivity contribution in [2.45, 2.75) is 38.7 Å². The van der Waals surface area contributed by atoms with E-state index in [1.54, 1.807) is 0 Å². The molecule has 2 nitrogen and oxygen atoms in total. The molecule has 0 aliphatic heterocycles. The quantitative estimate of drug-likeness (QED) is 0.812. The largest absolute Gasteiger partial charge is 0.384 e. The molecule has 1 unspecified atom stereocenters. The first kappa shape index (κ1) is 10.7. The van der Waals surface area contributed by atoms with Crippen molar-refractivity contribution in [2.24, 2.45) is 0 Å². The van der Waals surface area contributed by atoms with Crippen LogP contribution in [0.5, 0.6) is 0 Å². The van der Waals surface area contributed by atoms with Crippen LogP contribution in [-0.4, -0.2) is 10.1 Å². The Labute approximate surface area is 101 Å². The van der Waals surface area contributed by atoms with Gasteiger partial charge in [-0.2, -0.15) is 0 Å². The fourth-order valence-corrected chi connectivity index (χ4v) is 2.92. The standard InChI is InChI=1S/C15H17NO/c1-3-15(17)9-8-13-12-7-5-4-6-11(12)10(2)16-14(13)15/h4-7,17H,3,8-9H2,1-2H3. The van der Waals surface area contributed by atoms with Crippen molar-refractivity contribution in [3.05, 3.63) is 41.2 Å². The van der Waals surface area contributed by atoms with Gasteiger partial charge in [-0.1, -0.05) is 31.2 Å². The van der Waals surface area contributed by atoms with Crippen molar-refractivity contribution in [3.8, 4) is 0 Å². The summed E-state index contributed by atoms with van der Waals surface area (Å²) in [4.78, 5) is 4.66. The zero-order valence-electron chi connectivity index (χ0n) is 10.3. The van der Waals surface area contributed by atoms with Crippen molar-refractivity contribution in [3.63, 3.8) is 0 Å². The van der Waals surface area contributed by atoms with Gasteiger partial charge in [0.15, 0.2) is 0 Å². The van der Waals surface area contributed by atoms with Crippen LogP contribution in [0, 0.1) is 6.92 Å². The highest BCUT2D eigenvalue weighted by Gasteiger charge is 2.37. The molecule has 3 rings (SSSR count). The molecule has 0 bridgehead atoms. The van der Waals surface area contributed by atoms with E-state index in [4.69, 9.17) is 0 Å². The lowest BCUT2D eigenvalue weighted by molar-refractivity contribution is 0.0305. The van der Waals surface area contributed by atoms with Crippen molar-refractivity contribution in [2.75, 3.05) is 0 Å². The molecular weight excluding hydrogens is 210 g/mol. The summed E-state index contributed by atoms with van der Waals surface area (Å²) in [6.45, 7) is 4.05. The van der Waals surface area contributed by atoms with Gasteiger partial charge in [-0.25, -0.2) is 0 Å². The van der Waals surface area contributed by atoms with Crippen LogP contribution < -0.4 is 0 Å². The van der Waals surface area contributed by atoms with Gasteiger partial charge in [0.25, 0.3) is 0 Å². The van der Waals surface area contributed by atoms with Gasteiger partial charge in [-0.3, -0.25) is 4.98 Å². The molecule has 0 saturated carbocycles. The predicted octanol–water partition coefficient (Wildman–Crippen LogP) is 3.09. The van der Waals surface area contributed by atoms with Crippen LogP contribution in [0.25, 0.3) is 10.8 Å². The summed E-state index contributed by atoms with van der Waals surface area (Å²) in [5.74, 6) is 0. The summed E-state index contributed by atoms with van der Waals surface area (Å²) in [6, 6.07) is 8.36. The molecule has 0 saturated heterocycles. The van der Waals surface area contributed by atoms with Crippen LogP contribution in [0.15, 0.2) is 24.3 Å². The lowest BCUT2D eigenvalue weighted by Crippen LogP contribution is -2.22. The zero-order valence-corrected chi connectivity index (χ0v) is 10.3. The summed E-state index contributed by atoms with van der Waals surface area (Å²) in [6.07, 6.45) is 2.48. The number of hydrogen-bond acceptors (Lipinski definition) is 2. The average Bonchev–Trinajstić information content (AvgIpc) is 2.69. The normalized spacial score (nSPS) is 23.0. The molecule has 88 valence electrons. The minimum atomic E-state index is -0.704. The minimum absolute atomic E-state index is 0.704. The van der Waals surface area contributed by atoms with Crippen molar-refractivity contribution < 1.29 is 5.11 Å². The molecule has 1 aromatic heterocycles. The summed E-state index contributed by atoms with van der Waals surface area (Å²) in [5, 5.41) is 13.1. The third-order valence-corrected chi connectivity index (χ3v) is 4.02. The third-order valence-electron chi connectivity index (χ3n) is 4.02. The molecule has 1 aliphatic rings. The zero-order chi connectivity index (χ0) is 12.0. The SMILES string of the molecule is CCC1(O)CCc2c1nc(C)c1ccccc21. The molecule has 1 heterocycles.